The first-order valence-corrected chi connectivity index (χ1v) is 5.81. The average Bonchev–Trinajstić information content (AvgIpc) is 2.49. The van der Waals surface area contributed by atoms with Crippen molar-refractivity contribution < 1.29 is 9.90 Å². The Balaban J connectivity index is 2.65. The first-order chi connectivity index (χ1) is 6.50. The van der Waals surface area contributed by atoms with E-state index >= 15 is 0 Å². The van der Waals surface area contributed by atoms with Crippen molar-refractivity contribution in [3.63, 3.8) is 0 Å². The number of halogens is 1. The Morgan fingerprint density at radius 1 is 1.71 bits per heavy atom. The second-order valence-corrected chi connectivity index (χ2v) is 5.58. The number of anilines is 1. The van der Waals surface area contributed by atoms with Gasteiger partial charge in [-0.3, -0.25) is 4.79 Å². The number of nitrogens with zero attached hydrogens (tertiary/aromatic N) is 1. The first kappa shape index (κ1) is 11.5. The number of aliphatic carboxylic acids is 1. The summed E-state index contributed by atoms with van der Waals surface area (Å²) < 4.78 is 1.06. The molecule has 0 saturated carbocycles. The third-order valence-electron chi connectivity index (χ3n) is 2.04. The molecule has 3 nitrogen and oxygen atoms in total. The maximum absolute atomic E-state index is 10.5. The molecule has 0 saturated heterocycles. The molecule has 1 aromatic rings. The number of hydrogen-bond acceptors (Lipinski definition) is 3. The van der Waals surface area contributed by atoms with Crippen LogP contribution in [0.2, 0.25) is 0 Å². The van der Waals surface area contributed by atoms with E-state index in [0.29, 0.717) is 0 Å². The molecule has 0 aliphatic heterocycles. The van der Waals surface area contributed by atoms with Crippen molar-refractivity contribution in [1.29, 1.82) is 0 Å². The Hall–Kier alpha value is -0.550. The molecule has 0 radical (unpaired) electrons. The highest BCUT2D eigenvalue weighted by Gasteiger charge is 2.14. The molecule has 1 unspecified atom stereocenters. The summed E-state index contributed by atoms with van der Waals surface area (Å²) in [5.41, 5.74) is 0. The molecule has 0 amide bonds. The van der Waals surface area contributed by atoms with Gasteiger partial charge in [0.25, 0.3) is 0 Å². The van der Waals surface area contributed by atoms with Gasteiger partial charge >= 0.3 is 5.97 Å². The smallest absolute Gasteiger partial charge is 0.305 e. The van der Waals surface area contributed by atoms with E-state index in [-0.39, 0.29) is 12.5 Å². The maximum atomic E-state index is 10.5. The summed E-state index contributed by atoms with van der Waals surface area (Å²) in [6, 6.07) is 3.95. The SMILES string of the molecule is CC(CC(=O)O)N(C)c1ccc(Br)s1. The minimum atomic E-state index is -0.764. The molecule has 1 N–H and O–H groups in total. The van der Waals surface area contributed by atoms with Crippen LogP contribution < -0.4 is 4.90 Å². The van der Waals surface area contributed by atoms with E-state index in [1.54, 1.807) is 11.3 Å². The molecule has 5 heteroatoms. The Labute approximate surface area is 95.5 Å². The van der Waals surface area contributed by atoms with Crippen molar-refractivity contribution in [2.75, 3.05) is 11.9 Å². The fourth-order valence-corrected chi connectivity index (χ4v) is 2.53. The topological polar surface area (TPSA) is 40.5 Å². The number of carboxylic acid groups (broad SMARTS) is 1. The monoisotopic (exact) mass is 277 g/mol. The number of hydrogen-bond donors (Lipinski definition) is 1. The lowest BCUT2D eigenvalue weighted by Crippen LogP contribution is -2.30. The molecule has 0 bridgehead atoms. The Bertz CT molecular complexity index is 326. The van der Waals surface area contributed by atoms with Crippen LogP contribution in [0.1, 0.15) is 13.3 Å². The van der Waals surface area contributed by atoms with Gasteiger partial charge in [-0.2, -0.15) is 0 Å². The van der Waals surface area contributed by atoms with Gasteiger partial charge in [0.2, 0.25) is 0 Å². The van der Waals surface area contributed by atoms with E-state index in [4.69, 9.17) is 5.11 Å². The summed E-state index contributed by atoms with van der Waals surface area (Å²) in [4.78, 5) is 12.5. The van der Waals surface area contributed by atoms with Crippen LogP contribution in [0.5, 0.6) is 0 Å². The Kier molecular flexibility index (Phi) is 3.95. The second kappa shape index (κ2) is 4.79. The molecule has 0 spiro atoms. The molecule has 78 valence electrons. The van der Waals surface area contributed by atoms with E-state index < -0.39 is 5.97 Å². The number of rotatable bonds is 4. The molecular weight excluding hydrogens is 266 g/mol. The number of carboxylic acids is 1. The van der Waals surface area contributed by atoms with Gasteiger partial charge in [-0.05, 0) is 35.0 Å². The highest BCUT2D eigenvalue weighted by atomic mass is 79.9. The summed E-state index contributed by atoms with van der Waals surface area (Å²) in [5, 5.41) is 9.73. The summed E-state index contributed by atoms with van der Waals surface area (Å²) >= 11 is 4.98. The molecule has 1 heterocycles. The quantitative estimate of drug-likeness (QED) is 0.920. The Morgan fingerprint density at radius 2 is 2.36 bits per heavy atom. The van der Waals surface area contributed by atoms with Crippen LogP contribution in [0.15, 0.2) is 15.9 Å². The van der Waals surface area contributed by atoms with E-state index in [2.05, 4.69) is 15.9 Å². The summed E-state index contributed by atoms with van der Waals surface area (Å²) in [6.45, 7) is 1.90. The fourth-order valence-electron chi connectivity index (χ4n) is 1.10. The van der Waals surface area contributed by atoms with Gasteiger partial charge in [-0.1, -0.05) is 0 Å². The van der Waals surface area contributed by atoms with Gasteiger partial charge in [-0.25, -0.2) is 0 Å². The van der Waals surface area contributed by atoms with E-state index in [1.165, 1.54) is 0 Å². The minimum Gasteiger partial charge on any atom is -0.481 e. The van der Waals surface area contributed by atoms with Crippen LogP contribution in [-0.2, 0) is 4.79 Å². The fraction of sp³-hybridized carbons (Fsp3) is 0.444. The zero-order valence-electron chi connectivity index (χ0n) is 8.03. The molecule has 0 aromatic carbocycles. The summed E-state index contributed by atoms with van der Waals surface area (Å²) in [5.74, 6) is -0.764. The maximum Gasteiger partial charge on any atom is 0.305 e. The zero-order chi connectivity index (χ0) is 10.7. The third kappa shape index (κ3) is 2.99. The lowest BCUT2D eigenvalue weighted by molar-refractivity contribution is -0.137. The summed E-state index contributed by atoms with van der Waals surface area (Å²) in [7, 11) is 1.91. The molecular formula is C9H12BrNO2S. The summed E-state index contributed by atoms with van der Waals surface area (Å²) in [6.07, 6.45) is 0.159. The first-order valence-electron chi connectivity index (χ1n) is 4.20. The normalized spacial score (nSPS) is 12.5. The highest BCUT2D eigenvalue weighted by Crippen LogP contribution is 2.30. The van der Waals surface area contributed by atoms with Gasteiger partial charge in [-0.15, -0.1) is 11.3 Å². The third-order valence-corrected chi connectivity index (χ3v) is 3.75. The van der Waals surface area contributed by atoms with Crippen molar-refractivity contribution in [2.24, 2.45) is 0 Å². The van der Waals surface area contributed by atoms with Crippen LogP contribution in [0.25, 0.3) is 0 Å². The van der Waals surface area contributed by atoms with Crippen molar-refractivity contribution in [1.82, 2.24) is 0 Å². The van der Waals surface area contributed by atoms with E-state index in [9.17, 15) is 4.79 Å². The van der Waals surface area contributed by atoms with Gasteiger partial charge in [0.05, 0.1) is 15.2 Å². The zero-order valence-corrected chi connectivity index (χ0v) is 10.4. The molecule has 0 aliphatic carbocycles. The standard InChI is InChI=1S/C9H12BrNO2S/c1-6(5-9(12)13)11(2)8-4-3-7(10)14-8/h3-4,6H,5H2,1-2H3,(H,12,13). The molecule has 0 fully saturated rings. The van der Waals surface area contributed by atoms with Crippen molar-refractivity contribution in [3.8, 4) is 0 Å². The van der Waals surface area contributed by atoms with Crippen LogP contribution in [0.3, 0.4) is 0 Å². The molecule has 1 atom stereocenters. The largest absolute Gasteiger partial charge is 0.481 e. The number of thiophene rings is 1. The molecule has 1 aromatic heterocycles. The number of carbonyl (C=O) groups is 1. The van der Waals surface area contributed by atoms with Crippen LogP contribution in [0.4, 0.5) is 5.00 Å². The molecule has 14 heavy (non-hydrogen) atoms. The predicted molar refractivity (Wildman–Crippen MR) is 62.1 cm³/mol. The van der Waals surface area contributed by atoms with Crippen molar-refractivity contribution >= 4 is 38.2 Å². The van der Waals surface area contributed by atoms with Crippen molar-refractivity contribution in [3.05, 3.63) is 15.9 Å². The minimum absolute atomic E-state index is 0.0121. The second-order valence-electron chi connectivity index (χ2n) is 3.14. The average molecular weight is 278 g/mol. The lowest BCUT2D eigenvalue weighted by Gasteiger charge is -2.23. The van der Waals surface area contributed by atoms with Gasteiger partial charge in [0.1, 0.15) is 0 Å². The predicted octanol–water partition coefficient (Wildman–Crippen LogP) is 2.81. The van der Waals surface area contributed by atoms with E-state index in [0.717, 1.165) is 8.79 Å². The highest BCUT2D eigenvalue weighted by molar-refractivity contribution is 9.11. The van der Waals surface area contributed by atoms with Gasteiger partial charge in [0, 0.05) is 13.1 Å². The lowest BCUT2D eigenvalue weighted by atomic mass is 10.2. The van der Waals surface area contributed by atoms with Crippen LogP contribution in [0, 0.1) is 0 Å². The molecule has 1 rings (SSSR count). The van der Waals surface area contributed by atoms with Gasteiger partial charge in [0.15, 0.2) is 0 Å². The van der Waals surface area contributed by atoms with E-state index in [1.807, 2.05) is 31.0 Å². The van der Waals surface area contributed by atoms with Crippen LogP contribution >= 0.6 is 27.3 Å². The van der Waals surface area contributed by atoms with Gasteiger partial charge < -0.3 is 10.0 Å². The molecule has 0 aliphatic rings. The Morgan fingerprint density at radius 3 is 2.79 bits per heavy atom. The van der Waals surface area contributed by atoms with Crippen LogP contribution in [-0.4, -0.2) is 24.2 Å². The van der Waals surface area contributed by atoms with Crippen molar-refractivity contribution in [2.45, 2.75) is 19.4 Å².